The molecule has 0 saturated carbocycles. The van der Waals surface area contributed by atoms with Gasteiger partial charge in [0.25, 0.3) is 5.91 Å². The molecule has 1 aromatic heterocycles. The van der Waals surface area contributed by atoms with Crippen molar-refractivity contribution in [1.29, 1.82) is 0 Å². The van der Waals surface area contributed by atoms with E-state index in [-0.39, 0.29) is 12.5 Å². The number of benzene rings is 1. The highest BCUT2D eigenvalue weighted by molar-refractivity contribution is 9.11. The quantitative estimate of drug-likeness (QED) is 0.823. The van der Waals surface area contributed by atoms with Gasteiger partial charge in [-0.3, -0.25) is 4.79 Å². The number of carbonyl (C=O) groups is 1. The second-order valence-corrected chi connectivity index (χ2v) is 6.87. The van der Waals surface area contributed by atoms with Gasteiger partial charge in [-0.25, -0.2) is 0 Å². The Morgan fingerprint density at radius 3 is 2.86 bits per heavy atom. The van der Waals surface area contributed by atoms with Gasteiger partial charge >= 0.3 is 0 Å². The van der Waals surface area contributed by atoms with Crippen LogP contribution in [-0.4, -0.2) is 17.6 Å². The second-order valence-electron chi connectivity index (χ2n) is 4.33. The number of amides is 1. The van der Waals surface area contributed by atoms with Crippen LogP contribution in [0.1, 0.15) is 26.4 Å². The molecule has 21 heavy (non-hydrogen) atoms. The van der Waals surface area contributed by atoms with Crippen LogP contribution >= 0.6 is 27.3 Å². The Morgan fingerprint density at radius 1 is 1.38 bits per heavy atom. The Morgan fingerprint density at radius 2 is 2.19 bits per heavy atom. The van der Waals surface area contributed by atoms with E-state index in [9.17, 15) is 4.79 Å². The number of aliphatic hydroxyl groups is 1. The second kappa shape index (κ2) is 7.41. The predicted molar refractivity (Wildman–Crippen MR) is 88.3 cm³/mol. The minimum absolute atomic E-state index is 0.121. The van der Waals surface area contributed by atoms with Crippen molar-refractivity contribution in [2.45, 2.75) is 13.5 Å². The van der Waals surface area contributed by atoms with Crippen LogP contribution in [0.15, 0.2) is 34.1 Å². The van der Waals surface area contributed by atoms with Crippen LogP contribution in [0.2, 0.25) is 0 Å². The average molecular weight is 364 g/mol. The molecule has 1 heterocycles. The molecule has 3 nitrogen and oxygen atoms in total. The van der Waals surface area contributed by atoms with Crippen molar-refractivity contribution >= 4 is 33.2 Å². The maximum absolute atomic E-state index is 12.3. The first kappa shape index (κ1) is 15.8. The minimum Gasteiger partial charge on any atom is -0.384 e. The lowest BCUT2D eigenvalue weighted by Crippen LogP contribution is -2.23. The molecule has 2 rings (SSSR count). The zero-order valence-corrected chi connectivity index (χ0v) is 13.8. The van der Waals surface area contributed by atoms with Crippen LogP contribution in [0.25, 0.3) is 0 Å². The van der Waals surface area contributed by atoms with Crippen LogP contribution in [-0.2, 0) is 6.54 Å². The Labute approximate surface area is 136 Å². The highest BCUT2D eigenvalue weighted by Gasteiger charge is 2.11. The van der Waals surface area contributed by atoms with Gasteiger partial charge in [-0.15, -0.1) is 11.3 Å². The van der Waals surface area contributed by atoms with Crippen LogP contribution in [0.3, 0.4) is 0 Å². The molecule has 108 valence electrons. The standard InChI is InChI=1S/C16H14BrNO2S/c1-11-12(5-3-9-19)4-2-6-14(11)16(20)18-10-13-7-8-15(17)21-13/h2,4,6-8,19H,9-10H2,1H3,(H,18,20). The maximum Gasteiger partial charge on any atom is 0.251 e. The van der Waals surface area contributed by atoms with Crippen molar-refractivity contribution < 1.29 is 9.90 Å². The monoisotopic (exact) mass is 363 g/mol. The van der Waals surface area contributed by atoms with Crippen molar-refractivity contribution in [2.24, 2.45) is 0 Å². The zero-order valence-electron chi connectivity index (χ0n) is 11.4. The number of halogens is 1. The normalized spacial score (nSPS) is 9.86. The molecule has 2 aromatic rings. The zero-order chi connectivity index (χ0) is 15.2. The molecule has 0 spiro atoms. The first-order valence-electron chi connectivity index (χ1n) is 6.33. The summed E-state index contributed by atoms with van der Waals surface area (Å²) >= 11 is 4.99. The van der Waals surface area contributed by atoms with Crippen LogP contribution < -0.4 is 5.32 Å². The predicted octanol–water partition coefficient (Wildman–Crippen LogP) is 3.09. The summed E-state index contributed by atoms with van der Waals surface area (Å²) in [5.74, 6) is 5.33. The van der Waals surface area contributed by atoms with E-state index in [1.807, 2.05) is 25.1 Å². The molecule has 0 unspecified atom stereocenters. The van der Waals surface area contributed by atoms with Gasteiger partial charge in [-0.2, -0.15) is 0 Å². The fourth-order valence-corrected chi connectivity index (χ4v) is 3.28. The van der Waals surface area contributed by atoms with Gasteiger partial charge in [-0.1, -0.05) is 17.9 Å². The first-order chi connectivity index (χ1) is 10.1. The molecule has 5 heteroatoms. The third-order valence-electron chi connectivity index (χ3n) is 2.93. The summed E-state index contributed by atoms with van der Waals surface area (Å²) in [7, 11) is 0. The highest BCUT2D eigenvalue weighted by Crippen LogP contribution is 2.22. The summed E-state index contributed by atoms with van der Waals surface area (Å²) < 4.78 is 1.05. The average Bonchev–Trinajstić information content (AvgIpc) is 2.89. The van der Waals surface area contributed by atoms with Gasteiger partial charge in [0, 0.05) is 16.0 Å². The minimum atomic E-state index is -0.191. The molecule has 0 atom stereocenters. The number of hydrogen-bond acceptors (Lipinski definition) is 3. The van der Waals surface area contributed by atoms with Crippen molar-refractivity contribution in [2.75, 3.05) is 6.61 Å². The Balaban J connectivity index is 2.12. The number of nitrogens with one attached hydrogen (secondary N) is 1. The summed E-state index contributed by atoms with van der Waals surface area (Å²) in [4.78, 5) is 13.3. The number of hydrogen-bond donors (Lipinski definition) is 2. The smallest absolute Gasteiger partial charge is 0.251 e. The van der Waals surface area contributed by atoms with E-state index in [4.69, 9.17) is 5.11 Å². The van der Waals surface area contributed by atoms with E-state index in [0.29, 0.717) is 12.1 Å². The number of carbonyl (C=O) groups excluding carboxylic acids is 1. The molecule has 0 aliphatic rings. The van der Waals surface area contributed by atoms with Gasteiger partial charge in [0.05, 0.1) is 10.3 Å². The van der Waals surface area contributed by atoms with Crippen molar-refractivity contribution in [3.63, 3.8) is 0 Å². The van der Waals surface area contributed by atoms with E-state index in [0.717, 1.165) is 19.8 Å². The Hall–Kier alpha value is -1.61. The third-order valence-corrected chi connectivity index (χ3v) is 4.56. The molecular weight excluding hydrogens is 350 g/mol. The van der Waals surface area contributed by atoms with Crippen LogP contribution in [0.4, 0.5) is 0 Å². The van der Waals surface area contributed by atoms with Crippen LogP contribution in [0.5, 0.6) is 0 Å². The lowest BCUT2D eigenvalue weighted by molar-refractivity contribution is 0.0950. The van der Waals surface area contributed by atoms with Gasteiger partial charge in [0.1, 0.15) is 6.61 Å². The van der Waals surface area contributed by atoms with Crippen LogP contribution in [0, 0.1) is 18.8 Å². The number of rotatable bonds is 3. The topological polar surface area (TPSA) is 49.3 Å². The third kappa shape index (κ3) is 4.18. The molecule has 1 aromatic carbocycles. The first-order valence-corrected chi connectivity index (χ1v) is 7.94. The Kier molecular flexibility index (Phi) is 5.57. The van der Waals surface area contributed by atoms with E-state index < -0.39 is 0 Å². The number of aliphatic hydroxyl groups excluding tert-OH is 1. The molecule has 0 aliphatic carbocycles. The summed E-state index contributed by atoms with van der Waals surface area (Å²) in [5, 5.41) is 11.7. The van der Waals surface area contributed by atoms with Gasteiger partial charge in [0.15, 0.2) is 0 Å². The fourth-order valence-electron chi connectivity index (χ4n) is 1.86. The van der Waals surface area contributed by atoms with E-state index in [1.54, 1.807) is 23.5 Å². The van der Waals surface area contributed by atoms with E-state index >= 15 is 0 Å². The molecule has 2 N–H and O–H groups in total. The lowest BCUT2D eigenvalue weighted by atomic mass is 10.0. The summed E-state index contributed by atoms with van der Waals surface area (Å²) in [6, 6.07) is 9.35. The fraction of sp³-hybridized carbons (Fsp3) is 0.188. The summed E-state index contributed by atoms with van der Waals surface area (Å²) in [6.45, 7) is 2.17. The molecule has 0 bridgehead atoms. The van der Waals surface area contributed by atoms with Crippen molar-refractivity contribution in [3.05, 3.63) is 55.7 Å². The van der Waals surface area contributed by atoms with E-state index in [2.05, 4.69) is 33.1 Å². The van der Waals surface area contributed by atoms with Gasteiger partial charge in [-0.05, 0) is 52.7 Å². The Bertz CT molecular complexity index is 713. The molecule has 1 amide bonds. The highest BCUT2D eigenvalue weighted by atomic mass is 79.9. The molecule has 0 fully saturated rings. The summed E-state index contributed by atoms with van der Waals surface area (Å²) in [6.07, 6.45) is 0. The van der Waals surface area contributed by atoms with Gasteiger partial charge in [0.2, 0.25) is 0 Å². The molecule has 0 saturated heterocycles. The van der Waals surface area contributed by atoms with E-state index in [1.165, 1.54) is 0 Å². The summed E-state index contributed by atoms with van der Waals surface area (Å²) in [5.41, 5.74) is 2.19. The largest absolute Gasteiger partial charge is 0.384 e. The molecule has 0 aliphatic heterocycles. The van der Waals surface area contributed by atoms with Crippen molar-refractivity contribution in [1.82, 2.24) is 5.32 Å². The molecular formula is C16H14BrNO2S. The lowest BCUT2D eigenvalue weighted by Gasteiger charge is -2.08. The molecule has 0 radical (unpaired) electrons. The van der Waals surface area contributed by atoms with Crippen molar-refractivity contribution in [3.8, 4) is 11.8 Å². The number of thiophene rings is 1. The SMILES string of the molecule is Cc1c(C#CCO)cccc1C(=O)NCc1ccc(Br)s1. The van der Waals surface area contributed by atoms with Gasteiger partial charge < -0.3 is 10.4 Å². The maximum atomic E-state index is 12.3.